The zero-order valence-electron chi connectivity index (χ0n) is 9.19. The van der Waals surface area contributed by atoms with E-state index in [0.29, 0.717) is 6.04 Å². The van der Waals surface area contributed by atoms with Crippen LogP contribution >= 0.6 is 0 Å². The van der Waals surface area contributed by atoms with Gasteiger partial charge in [-0.05, 0) is 18.9 Å². The van der Waals surface area contributed by atoms with Crippen molar-refractivity contribution < 1.29 is 0 Å². The van der Waals surface area contributed by atoms with Gasteiger partial charge in [0.1, 0.15) is 0 Å². The van der Waals surface area contributed by atoms with Gasteiger partial charge in [-0.25, -0.2) is 0 Å². The Morgan fingerprint density at radius 2 is 1.75 bits per heavy atom. The van der Waals surface area contributed by atoms with Crippen molar-refractivity contribution in [2.75, 3.05) is 6.54 Å². The molecule has 74 valence electrons. The molecule has 0 bridgehead atoms. The lowest BCUT2D eigenvalue weighted by atomic mass is 10.0. The number of hydrogen-bond acceptors (Lipinski definition) is 1. The Morgan fingerprint density at radius 3 is 2.25 bits per heavy atom. The Bertz CT molecular complexity index is 89.0. The van der Waals surface area contributed by atoms with Gasteiger partial charge in [0.05, 0.1) is 0 Å². The third kappa shape index (κ3) is 8.06. The Kier molecular flexibility index (Phi) is 7.58. The van der Waals surface area contributed by atoms with Crippen molar-refractivity contribution in [1.82, 2.24) is 5.32 Å². The van der Waals surface area contributed by atoms with Crippen LogP contribution in [0.2, 0.25) is 0 Å². The monoisotopic (exact) mass is 171 g/mol. The molecule has 0 aliphatic rings. The summed E-state index contributed by atoms with van der Waals surface area (Å²) in [6.07, 6.45) is 5.45. The molecule has 0 aromatic carbocycles. The maximum atomic E-state index is 3.44. The molecule has 0 aromatic rings. The van der Waals surface area contributed by atoms with Crippen molar-refractivity contribution in [3.05, 3.63) is 0 Å². The second-order valence-corrected chi connectivity index (χ2v) is 4.12. The van der Waals surface area contributed by atoms with Crippen molar-refractivity contribution in [3.63, 3.8) is 0 Å². The van der Waals surface area contributed by atoms with Crippen LogP contribution in [0, 0.1) is 5.92 Å². The molecule has 1 heteroatoms. The highest BCUT2D eigenvalue weighted by Gasteiger charge is 1.98. The second kappa shape index (κ2) is 7.60. The molecule has 0 saturated heterocycles. The quantitative estimate of drug-likeness (QED) is 0.580. The Hall–Kier alpha value is -0.0400. The van der Waals surface area contributed by atoms with Crippen molar-refractivity contribution in [3.8, 4) is 0 Å². The molecule has 0 spiro atoms. The molecule has 0 radical (unpaired) electrons. The van der Waals surface area contributed by atoms with Gasteiger partial charge in [0.15, 0.2) is 0 Å². The smallest absolute Gasteiger partial charge is 0.00103 e. The Morgan fingerprint density at radius 1 is 1.08 bits per heavy atom. The predicted molar refractivity (Wildman–Crippen MR) is 56.4 cm³/mol. The van der Waals surface area contributed by atoms with E-state index in [1.165, 1.54) is 32.2 Å². The highest BCUT2D eigenvalue weighted by atomic mass is 14.9. The summed E-state index contributed by atoms with van der Waals surface area (Å²) < 4.78 is 0. The third-order valence-corrected chi connectivity index (χ3v) is 2.37. The van der Waals surface area contributed by atoms with Crippen molar-refractivity contribution in [2.45, 2.75) is 59.4 Å². The first-order valence-electron chi connectivity index (χ1n) is 5.40. The molecule has 0 amide bonds. The van der Waals surface area contributed by atoms with Gasteiger partial charge in [-0.2, -0.15) is 0 Å². The molecule has 1 N–H and O–H groups in total. The van der Waals surface area contributed by atoms with Gasteiger partial charge in [0.2, 0.25) is 0 Å². The summed E-state index contributed by atoms with van der Waals surface area (Å²) in [5.74, 6) is 0.920. The summed E-state index contributed by atoms with van der Waals surface area (Å²) in [6.45, 7) is 10.2. The normalized spacial score (nSPS) is 13.8. The molecule has 0 rings (SSSR count). The van der Waals surface area contributed by atoms with Crippen LogP contribution in [0.15, 0.2) is 0 Å². The van der Waals surface area contributed by atoms with E-state index in [9.17, 15) is 0 Å². The molecule has 1 nitrogen and oxygen atoms in total. The van der Waals surface area contributed by atoms with E-state index < -0.39 is 0 Å². The average molecular weight is 171 g/mol. The number of unbranched alkanes of at least 4 members (excludes halogenated alkanes) is 1. The highest BCUT2D eigenvalue weighted by molar-refractivity contribution is 4.55. The molecule has 1 atom stereocenters. The van der Waals surface area contributed by atoms with Crippen LogP contribution < -0.4 is 5.32 Å². The maximum Gasteiger partial charge on any atom is 0.00103 e. The van der Waals surface area contributed by atoms with E-state index in [0.717, 1.165) is 5.92 Å². The molecule has 12 heavy (non-hydrogen) atoms. The minimum atomic E-state index is 0.647. The Balaban J connectivity index is 3.00. The molecular weight excluding hydrogens is 146 g/mol. The molecule has 0 aliphatic heterocycles. The lowest BCUT2D eigenvalue weighted by molar-refractivity contribution is 0.468. The predicted octanol–water partition coefficient (Wildman–Crippen LogP) is 3.20. The van der Waals surface area contributed by atoms with Gasteiger partial charge in [0.25, 0.3) is 0 Å². The van der Waals surface area contributed by atoms with Crippen LogP contribution in [0.3, 0.4) is 0 Å². The molecular formula is C11H25N. The van der Waals surface area contributed by atoms with E-state index >= 15 is 0 Å². The van der Waals surface area contributed by atoms with Crippen LogP contribution in [-0.2, 0) is 0 Å². The topological polar surface area (TPSA) is 12.0 Å². The Labute approximate surface area is 77.9 Å². The highest BCUT2D eigenvalue weighted by Crippen LogP contribution is 2.10. The van der Waals surface area contributed by atoms with E-state index in [4.69, 9.17) is 0 Å². The molecule has 1 unspecified atom stereocenters. The van der Waals surface area contributed by atoms with Gasteiger partial charge >= 0.3 is 0 Å². The summed E-state index contributed by atoms with van der Waals surface area (Å²) in [7, 11) is 0. The first-order chi connectivity index (χ1) is 5.66. The molecule has 0 fully saturated rings. The molecule has 0 aromatic heterocycles. The standard InChI is InChI=1S/C11H25N/c1-5-11(4)8-6-7-9-12-10(2)3/h10-12H,5-9H2,1-4H3. The lowest BCUT2D eigenvalue weighted by Crippen LogP contribution is -2.23. The van der Waals surface area contributed by atoms with Crippen molar-refractivity contribution in [2.24, 2.45) is 5.92 Å². The van der Waals surface area contributed by atoms with E-state index in [1.807, 2.05) is 0 Å². The largest absolute Gasteiger partial charge is 0.315 e. The fourth-order valence-corrected chi connectivity index (χ4v) is 1.21. The summed E-state index contributed by atoms with van der Waals surface area (Å²) in [5.41, 5.74) is 0. The fraction of sp³-hybridized carbons (Fsp3) is 1.00. The van der Waals surface area contributed by atoms with E-state index in [1.54, 1.807) is 0 Å². The minimum absolute atomic E-state index is 0.647. The number of nitrogens with one attached hydrogen (secondary N) is 1. The van der Waals surface area contributed by atoms with Gasteiger partial charge in [-0.1, -0.05) is 47.0 Å². The zero-order valence-corrected chi connectivity index (χ0v) is 9.19. The van der Waals surface area contributed by atoms with Crippen LogP contribution in [0.25, 0.3) is 0 Å². The first-order valence-corrected chi connectivity index (χ1v) is 5.40. The van der Waals surface area contributed by atoms with Gasteiger partial charge in [-0.3, -0.25) is 0 Å². The lowest BCUT2D eigenvalue weighted by Gasteiger charge is -2.09. The van der Waals surface area contributed by atoms with E-state index in [-0.39, 0.29) is 0 Å². The summed E-state index contributed by atoms with van der Waals surface area (Å²) in [4.78, 5) is 0. The van der Waals surface area contributed by atoms with Crippen LogP contribution in [-0.4, -0.2) is 12.6 Å². The van der Waals surface area contributed by atoms with E-state index in [2.05, 4.69) is 33.0 Å². The maximum absolute atomic E-state index is 3.44. The number of rotatable bonds is 7. The van der Waals surface area contributed by atoms with Crippen LogP contribution in [0.5, 0.6) is 0 Å². The average Bonchev–Trinajstić information content (AvgIpc) is 2.03. The summed E-state index contributed by atoms with van der Waals surface area (Å²) in [6, 6.07) is 0.647. The molecule has 0 saturated carbocycles. The summed E-state index contributed by atoms with van der Waals surface area (Å²) >= 11 is 0. The van der Waals surface area contributed by atoms with Crippen LogP contribution in [0.1, 0.15) is 53.4 Å². The fourth-order valence-electron chi connectivity index (χ4n) is 1.21. The van der Waals surface area contributed by atoms with Gasteiger partial charge in [-0.15, -0.1) is 0 Å². The third-order valence-electron chi connectivity index (χ3n) is 2.37. The minimum Gasteiger partial charge on any atom is -0.315 e. The number of hydrogen-bond donors (Lipinski definition) is 1. The molecule has 0 heterocycles. The van der Waals surface area contributed by atoms with Crippen LogP contribution in [0.4, 0.5) is 0 Å². The first kappa shape index (κ1) is 12.0. The van der Waals surface area contributed by atoms with Crippen molar-refractivity contribution >= 4 is 0 Å². The molecule has 0 aliphatic carbocycles. The SMILES string of the molecule is CCC(C)CCCCNC(C)C. The van der Waals surface area contributed by atoms with Crippen molar-refractivity contribution in [1.29, 1.82) is 0 Å². The zero-order chi connectivity index (χ0) is 9.40. The van der Waals surface area contributed by atoms with Gasteiger partial charge < -0.3 is 5.32 Å². The van der Waals surface area contributed by atoms with Gasteiger partial charge in [0, 0.05) is 6.04 Å². The second-order valence-electron chi connectivity index (χ2n) is 4.12. The summed E-state index contributed by atoms with van der Waals surface area (Å²) in [5, 5.41) is 3.44.